The number of benzene rings is 1. The molecule has 6 nitrogen and oxygen atoms in total. The van der Waals surface area contributed by atoms with Gasteiger partial charge < -0.3 is 16.0 Å². The molecule has 6 rings (SSSR count). The van der Waals surface area contributed by atoms with Gasteiger partial charge in [0.2, 0.25) is 5.91 Å². The van der Waals surface area contributed by atoms with Crippen molar-refractivity contribution in [3.05, 3.63) is 47.8 Å². The van der Waals surface area contributed by atoms with Crippen molar-refractivity contribution in [1.82, 2.24) is 9.97 Å². The minimum Gasteiger partial charge on any atom is -0.369 e. The monoisotopic (exact) mass is 441 g/mol. The minimum absolute atomic E-state index is 0.0906. The molecule has 2 aromatic heterocycles. The standard InChI is InChI=1S/C27H31N5O/c28-20-11-13-32(16-20)26-21-6-1-2-7-23(21)30-24-9-8-18(14-22(24)26)19-10-12-29-25(15-19)31-27(33)17-4-3-5-17/h8-10,12,14-15,17,20H,1-7,11,13,16,28H2,(H,29,31,33)/t20-/m0/s1. The van der Waals surface area contributed by atoms with Gasteiger partial charge in [-0.15, -0.1) is 0 Å². The van der Waals surface area contributed by atoms with Crippen LogP contribution < -0.4 is 16.0 Å². The lowest BCUT2D eigenvalue weighted by atomic mass is 9.85. The van der Waals surface area contributed by atoms with Crippen molar-refractivity contribution in [2.24, 2.45) is 11.7 Å². The van der Waals surface area contributed by atoms with Gasteiger partial charge in [0.05, 0.1) is 11.2 Å². The molecule has 1 aliphatic heterocycles. The Bertz CT molecular complexity index is 1220. The van der Waals surface area contributed by atoms with E-state index in [9.17, 15) is 4.79 Å². The van der Waals surface area contributed by atoms with Crippen LogP contribution in [-0.4, -0.2) is 35.0 Å². The predicted molar refractivity (Wildman–Crippen MR) is 132 cm³/mol. The number of carbonyl (C=O) groups is 1. The lowest BCUT2D eigenvalue weighted by Crippen LogP contribution is -2.28. The van der Waals surface area contributed by atoms with E-state index in [2.05, 4.69) is 33.4 Å². The third-order valence-electron chi connectivity index (χ3n) is 7.59. The second-order valence-corrected chi connectivity index (χ2v) is 9.87. The number of aryl methyl sites for hydroxylation is 1. The van der Waals surface area contributed by atoms with Gasteiger partial charge in [-0.1, -0.05) is 12.5 Å². The molecule has 33 heavy (non-hydrogen) atoms. The summed E-state index contributed by atoms with van der Waals surface area (Å²) in [7, 11) is 0. The molecule has 3 aliphatic rings. The van der Waals surface area contributed by atoms with Crippen molar-refractivity contribution in [2.45, 2.75) is 57.4 Å². The molecule has 0 radical (unpaired) electrons. The smallest absolute Gasteiger partial charge is 0.228 e. The summed E-state index contributed by atoms with van der Waals surface area (Å²) in [6, 6.07) is 10.8. The second kappa shape index (κ2) is 8.41. The van der Waals surface area contributed by atoms with Gasteiger partial charge >= 0.3 is 0 Å². The van der Waals surface area contributed by atoms with Gasteiger partial charge in [-0.05, 0) is 85.9 Å². The summed E-state index contributed by atoms with van der Waals surface area (Å²) < 4.78 is 0. The molecular weight excluding hydrogens is 410 g/mol. The van der Waals surface area contributed by atoms with Gasteiger partial charge in [-0.2, -0.15) is 0 Å². The number of pyridine rings is 2. The lowest BCUT2D eigenvalue weighted by Gasteiger charge is -2.28. The Balaban J connectivity index is 1.41. The molecule has 2 aliphatic carbocycles. The van der Waals surface area contributed by atoms with E-state index in [1.165, 1.54) is 35.2 Å². The van der Waals surface area contributed by atoms with E-state index in [1.807, 2.05) is 12.1 Å². The molecule has 1 aromatic carbocycles. The van der Waals surface area contributed by atoms with Crippen LogP contribution in [0.3, 0.4) is 0 Å². The maximum Gasteiger partial charge on any atom is 0.228 e. The van der Waals surface area contributed by atoms with Crippen LogP contribution in [0.2, 0.25) is 0 Å². The average Bonchev–Trinajstić information content (AvgIpc) is 3.21. The fraction of sp³-hybridized carbons (Fsp3) is 0.444. The van der Waals surface area contributed by atoms with E-state index in [0.717, 1.165) is 68.3 Å². The SMILES string of the molecule is N[C@H]1CCN(c2c3c(nc4ccc(-c5ccnc(NC(=O)C6CCC6)c5)cc24)CCCC3)C1. The highest BCUT2D eigenvalue weighted by Gasteiger charge is 2.27. The molecule has 0 unspecified atom stereocenters. The summed E-state index contributed by atoms with van der Waals surface area (Å²) in [5.41, 5.74) is 13.6. The molecule has 1 saturated carbocycles. The summed E-state index contributed by atoms with van der Waals surface area (Å²) in [6.45, 7) is 1.91. The van der Waals surface area contributed by atoms with Gasteiger partial charge in [0.25, 0.3) is 0 Å². The zero-order chi connectivity index (χ0) is 22.4. The number of nitrogens with one attached hydrogen (secondary N) is 1. The first-order valence-electron chi connectivity index (χ1n) is 12.4. The van der Waals surface area contributed by atoms with E-state index in [4.69, 9.17) is 10.7 Å². The van der Waals surface area contributed by atoms with Crippen LogP contribution in [0.25, 0.3) is 22.0 Å². The van der Waals surface area contributed by atoms with E-state index < -0.39 is 0 Å². The van der Waals surface area contributed by atoms with Crippen LogP contribution in [0.1, 0.15) is 49.8 Å². The van der Waals surface area contributed by atoms with Crippen LogP contribution in [0.5, 0.6) is 0 Å². The van der Waals surface area contributed by atoms with Gasteiger partial charge in [0, 0.05) is 42.3 Å². The number of nitrogens with zero attached hydrogens (tertiary/aromatic N) is 3. The molecule has 3 heterocycles. The summed E-state index contributed by atoms with van der Waals surface area (Å²) >= 11 is 0. The zero-order valence-corrected chi connectivity index (χ0v) is 19.0. The van der Waals surface area contributed by atoms with Gasteiger partial charge in [-0.25, -0.2) is 4.98 Å². The molecule has 2 fully saturated rings. The molecule has 0 spiro atoms. The molecule has 3 N–H and O–H groups in total. The van der Waals surface area contributed by atoms with Crippen LogP contribution in [0.15, 0.2) is 36.5 Å². The topological polar surface area (TPSA) is 84.1 Å². The van der Waals surface area contributed by atoms with Crippen LogP contribution >= 0.6 is 0 Å². The molecule has 3 aromatic rings. The molecule has 1 amide bonds. The van der Waals surface area contributed by atoms with Crippen LogP contribution in [0, 0.1) is 5.92 Å². The Labute approximate surface area is 194 Å². The van der Waals surface area contributed by atoms with Crippen molar-refractivity contribution in [3.8, 4) is 11.1 Å². The number of amides is 1. The fourth-order valence-electron chi connectivity index (χ4n) is 5.51. The highest BCUT2D eigenvalue weighted by molar-refractivity contribution is 5.97. The summed E-state index contributed by atoms with van der Waals surface area (Å²) in [5.74, 6) is 0.856. The zero-order valence-electron chi connectivity index (χ0n) is 19.0. The van der Waals surface area contributed by atoms with Crippen molar-refractivity contribution in [2.75, 3.05) is 23.3 Å². The van der Waals surface area contributed by atoms with E-state index >= 15 is 0 Å². The minimum atomic E-state index is 0.0906. The number of rotatable bonds is 4. The van der Waals surface area contributed by atoms with E-state index in [1.54, 1.807) is 6.20 Å². The summed E-state index contributed by atoms with van der Waals surface area (Å²) in [5, 5.41) is 4.22. The third-order valence-corrected chi connectivity index (χ3v) is 7.59. The Kier molecular flexibility index (Phi) is 5.25. The quantitative estimate of drug-likeness (QED) is 0.625. The molecule has 170 valence electrons. The lowest BCUT2D eigenvalue weighted by molar-refractivity contribution is -0.122. The van der Waals surface area contributed by atoms with Gasteiger partial charge in [-0.3, -0.25) is 9.78 Å². The highest BCUT2D eigenvalue weighted by Crippen LogP contribution is 2.39. The maximum atomic E-state index is 12.4. The molecule has 0 bridgehead atoms. The number of carbonyl (C=O) groups excluding carboxylic acids is 1. The summed E-state index contributed by atoms with van der Waals surface area (Å²) in [4.78, 5) is 24.3. The normalized spacial score (nSPS) is 20.5. The number of nitrogens with two attached hydrogens (primary N) is 1. The largest absolute Gasteiger partial charge is 0.369 e. The molecule has 1 saturated heterocycles. The number of hydrogen-bond acceptors (Lipinski definition) is 5. The van der Waals surface area contributed by atoms with Gasteiger partial charge in [0.15, 0.2) is 0 Å². The first-order chi connectivity index (χ1) is 16.2. The maximum absolute atomic E-state index is 12.4. The number of aromatic nitrogens is 2. The number of anilines is 2. The van der Waals surface area contributed by atoms with Crippen molar-refractivity contribution >= 4 is 28.3 Å². The molecule has 1 atom stereocenters. The van der Waals surface area contributed by atoms with Crippen molar-refractivity contribution < 1.29 is 4.79 Å². The number of fused-ring (bicyclic) bond motifs is 2. The fourth-order valence-corrected chi connectivity index (χ4v) is 5.51. The summed E-state index contributed by atoms with van der Waals surface area (Å²) in [6.07, 6.45) is 10.5. The van der Waals surface area contributed by atoms with Crippen molar-refractivity contribution in [3.63, 3.8) is 0 Å². The molecule has 6 heteroatoms. The van der Waals surface area contributed by atoms with Gasteiger partial charge in [0.1, 0.15) is 5.82 Å². The van der Waals surface area contributed by atoms with E-state index in [-0.39, 0.29) is 17.9 Å². The Hall–Kier alpha value is -2.99. The Morgan fingerprint density at radius 2 is 1.88 bits per heavy atom. The number of hydrogen-bond donors (Lipinski definition) is 2. The first-order valence-corrected chi connectivity index (χ1v) is 12.4. The Morgan fingerprint density at radius 1 is 1.03 bits per heavy atom. The van der Waals surface area contributed by atoms with Crippen LogP contribution in [-0.2, 0) is 17.6 Å². The Morgan fingerprint density at radius 3 is 2.67 bits per heavy atom. The first kappa shape index (κ1) is 20.6. The third kappa shape index (κ3) is 3.86. The highest BCUT2D eigenvalue weighted by atomic mass is 16.2. The predicted octanol–water partition coefficient (Wildman–Crippen LogP) is 4.45. The van der Waals surface area contributed by atoms with Crippen LogP contribution in [0.4, 0.5) is 11.5 Å². The second-order valence-electron chi connectivity index (χ2n) is 9.87. The van der Waals surface area contributed by atoms with E-state index in [0.29, 0.717) is 5.82 Å². The van der Waals surface area contributed by atoms with Crippen molar-refractivity contribution in [1.29, 1.82) is 0 Å². The average molecular weight is 442 g/mol. The molecular formula is C27H31N5O.